The molecule has 0 radical (unpaired) electrons. The maximum atomic E-state index is 13.3. The van der Waals surface area contributed by atoms with Crippen molar-refractivity contribution >= 4 is 23.6 Å². The van der Waals surface area contributed by atoms with Crippen LogP contribution in [0.25, 0.3) is 11.1 Å². The number of carbonyl (C=O) groups excluding carboxylic acids is 2. The number of hydrogen-bond donors (Lipinski definition) is 1. The van der Waals surface area contributed by atoms with Gasteiger partial charge in [-0.1, -0.05) is 75.8 Å². The minimum Gasteiger partial charge on any atom is -0.548 e. The number of nitrogens with one attached hydrogen (secondary N) is 1. The number of rotatable bonds is 17. The van der Waals surface area contributed by atoms with Crippen molar-refractivity contribution in [1.82, 2.24) is 5.32 Å². The van der Waals surface area contributed by atoms with E-state index < -0.39 is 17.9 Å². The van der Waals surface area contributed by atoms with E-state index in [2.05, 4.69) is 12.2 Å². The van der Waals surface area contributed by atoms with E-state index in [-0.39, 0.29) is 25.0 Å². The van der Waals surface area contributed by atoms with Crippen molar-refractivity contribution in [3.05, 3.63) is 59.2 Å². The van der Waals surface area contributed by atoms with E-state index in [4.69, 9.17) is 9.47 Å². The molecule has 2 aromatic rings. The van der Waals surface area contributed by atoms with Gasteiger partial charge in [-0.3, -0.25) is 4.79 Å². The van der Waals surface area contributed by atoms with Crippen molar-refractivity contribution in [3.8, 4) is 11.1 Å². The standard InChI is InChI=1S/C33H47NO5S.Li/c1-4-5-18-38-23-27(20-25-12-7-6-8-13-25)39-22-26-15-16-29(30(21-26)28-14-10-9-11-24(28)2)32(35)34-31(33(36)37)17-19-40-3;/h9-11,14-16,21,25,27,31H,4-8,12-13,17-20,22-23H2,1-3H3,(H,34,35)(H,36,37);/q;+1/p-1/t27-,31?;/m1./s1. The number of hydrogen-bond acceptors (Lipinski definition) is 6. The van der Waals surface area contributed by atoms with Gasteiger partial charge < -0.3 is 24.7 Å². The number of thioether (sulfide) groups is 1. The third-order valence-electron chi connectivity index (χ3n) is 7.72. The quantitative estimate of drug-likeness (QED) is 0.231. The van der Waals surface area contributed by atoms with Gasteiger partial charge in [0.05, 0.1) is 31.3 Å². The number of carboxylic acids is 1. The van der Waals surface area contributed by atoms with Gasteiger partial charge in [0, 0.05) is 12.2 Å². The monoisotopic (exact) mass is 575 g/mol. The molecule has 0 bridgehead atoms. The second-order valence-corrected chi connectivity index (χ2v) is 11.9. The molecule has 1 N–H and O–H groups in total. The predicted molar refractivity (Wildman–Crippen MR) is 161 cm³/mol. The summed E-state index contributed by atoms with van der Waals surface area (Å²) in [6, 6.07) is 12.6. The Kier molecular flexibility index (Phi) is 16.8. The molecule has 1 aliphatic rings. The van der Waals surface area contributed by atoms with Gasteiger partial charge >= 0.3 is 18.9 Å². The van der Waals surface area contributed by atoms with Crippen LogP contribution in [-0.2, 0) is 20.9 Å². The number of aryl methyl sites for hydroxylation is 1. The Balaban J connectivity index is 0.00000588. The summed E-state index contributed by atoms with van der Waals surface area (Å²) in [5.41, 5.74) is 4.14. The fourth-order valence-corrected chi connectivity index (χ4v) is 5.82. The zero-order valence-corrected chi connectivity index (χ0v) is 26.2. The van der Waals surface area contributed by atoms with Crippen LogP contribution in [0.4, 0.5) is 0 Å². The van der Waals surface area contributed by atoms with E-state index in [0.29, 0.717) is 36.9 Å². The van der Waals surface area contributed by atoms with E-state index in [1.165, 1.54) is 43.9 Å². The van der Waals surface area contributed by atoms with Crippen LogP contribution < -0.4 is 29.3 Å². The summed E-state index contributed by atoms with van der Waals surface area (Å²) in [6.45, 7) is 5.95. The Morgan fingerprint density at radius 3 is 2.54 bits per heavy atom. The van der Waals surface area contributed by atoms with Crippen LogP contribution in [0.3, 0.4) is 0 Å². The molecule has 6 nitrogen and oxygen atoms in total. The summed E-state index contributed by atoms with van der Waals surface area (Å²) in [7, 11) is 0. The van der Waals surface area contributed by atoms with Crippen LogP contribution in [0.15, 0.2) is 42.5 Å². The van der Waals surface area contributed by atoms with Crippen molar-refractivity contribution < 1.29 is 43.0 Å². The van der Waals surface area contributed by atoms with E-state index >= 15 is 0 Å². The van der Waals surface area contributed by atoms with Gasteiger partial charge in [-0.15, -0.1) is 0 Å². The molecule has 8 heteroatoms. The summed E-state index contributed by atoms with van der Waals surface area (Å²) in [5.74, 6) is -0.384. The van der Waals surface area contributed by atoms with Crippen molar-refractivity contribution in [2.24, 2.45) is 5.92 Å². The molecule has 0 spiro atoms. The van der Waals surface area contributed by atoms with Crippen LogP contribution in [-0.4, -0.2) is 49.2 Å². The van der Waals surface area contributed by atoms with E-state index in [1.807, 2.05) is 49.6 Å². The molecule has 0 aliphatic heterocycles. The number of carboxylic acid groups (broad SMARTS) is 1. The average Bonchev–Trinajstić information content (AvgIpc) is 2.96. The van der Waals surface area contributed by atoms with Gasteiger partial charge in [-0.2, -0.15) is 11.8 Å². The number of unbranched alkanes of at least 4 members (excludes halogenated alkanes) is 1. The summed E-state index contributed by atoms with van der Waals surface area (Å²) < 4.78 is 12.4. The molecule has 41 heavy (non-hydrogen) atoms. The minimum atomic E-state index is -1.27. The van der Waals surface area contributed by atoms with Gasteiger partial charge in [0.15, 0.2) is 0 Å². The Bertz CT molecular complexity index is 1080. The molecule has 2 aromatic carbocycles. The molecule has 220 valence electrons. The van der Waals surface area contributed by atoms with Crippen LogP contribution in [0.5, 0.6) is 0 Å². The maximum absolute atomic E-state index is 13.3. The first-order chi connectivity index (χ1) is 19.4. The molecule has 1 fully saturated rings. The smallest absolute Gasteiger partial charge is 0.548 e. The minimum absolute atomic E-state index is 0. The molecular weight excluding hydrogens is 529 g/mol. The Hall–Kier alpha value is -1.75. The van der Waals surface area contributed by atoms with Gasteiger partial charge in [-0.05, 0) is 78.5 Å². The molecule has 0 heterocycles. The van der Waals surface area contributed by atoms with Crippen LogP contribution in [0, 0.1) is 12.8 Å². The van der Waals surface area contributed by atoms with Crippen LogP contribution >= 0.6 is 11.8 Å². The van der Waals surface area contributed by atoms with Crippen molar-refractivity contribution in [2.45, 2.75) is 90.4 Å². The second kappa shape index (κ2) is 19.4. The topological polar surface area (TPSA) is 87.7 Å². The summed E-state index contributed by atoms with van der Waals surface area (Å²) in [4.78, 5) is 25.0. The fourth-order valence-electron chi connectivity index (χ4n) is 5.35. The van der Waals surface area contributed by atoms with Crippen LogP contribution in [0.2, 0.25) is 0 Å². The zero-order valence-electron chi connectivity index (χ0n) is 25.4. The summed E-state index contributed by atoms with van der Waals surface area (Å²) >= 11 is 1.53. The zero-order chi connectivity index (χ0) is 28.7. The molecule has 1 aliphatic carbocycles. The van der Waals surface area contributed by atoms with Crippen molar-refractivity contribution in [1.29, 1.82) is 0 Å². The Morgan fingerprint density at radius 2 is 1.85 bits per heavy atom. The molecule has 2 atom stereocenters. The van der Waals surface area contributed by atoms with Crippen molar-refractivity contribution in [3.63, 3.8) is 0 Å². The molecular formula is C33H46LiNO5S. The van der Waals surface area contributed by atoms with Gasteiger partial charge in [0.25, 0.3) is 5.91 Å². The first-order valence-electron chi connectivity index (χ1n) is 14.8. The first-order valence-corrected chi connectivity index (χ1v) is 16.2. The predicted octanol–water partition coefficient (Wildman–Crippen LogP) is 2.94. The third kappa shape index (κ3) is 11.8. The number of aliphatic carboxylic acids is 1. The third-order valence-corrected chi connectivity index (χ3v) is 8.36. The Morgan fingerprint density at radius 1 is 1.10 bits per heavy atom. The van der Waals surface area contributed by atoms with Crippen LogP contribution in [0.1, 0.15) is 86.2 Å². The Labute approximate surface area is 262 Å². The number of carbonyl (C=O) groups is 2. The van der Waals surface area contributed by atoms with Gasteiger partial charge in [-0.25, -0.2) is 0 Å². The molecule has 1 saturated carbocycles. The summed E-state index contributed by atoms with van der Waals surface area (Å²) in [5, 5.41) is 14.4. The average molecular weight is 576 g/mol. The fraction of sp³-hybridized carbons (Fsp3) is 0.576. The summed E-state index contributed by atoms with van der Waals surface area (Å²) in [6.07, 6.45) is 11.9. The number of amides is 1. The number of ether oxygens (including phenoxy) is 2. The van der Waals surface area contributed by atoms with E-state index in [1.54, 1.807) is 6.07 Å². The molecule has 1 unspecified atom stereocenters. The molecule has 3 rings (SSSR count). The maximum Gasteiger partial charge on any atom is 1.00 e. The first kappa shape index (κ1) is 35.4. The molecule has 1 amide bonds. The van der Waals surface area contributed by atoms with Crippen molar-refractivity contribution in [2.75, 3.05) is 25.2 Å². The largest absolute Gasteiger partial charge is 1.00 e. The normalized spacial score (nSPS) is 15.1. The molecule has 0 saturated heterocycles. The van der Waals surface area contributed by atoms with E-state index in [9.17, 15) is 14.7 Å². The number of benzene rings is 2. The van der Waals surface area contributed by atoms with Gasteiger partial charge in [0.2, 0.25) is 0 Å². The SMILES string of the molecule is CCCCOC[C@@H](CC1CCCCC1)OCc1ccc(C(=O)NC(CCSC)C(=O)[O-])c(-c2ccccc2C)c1.[Li+]. The molecule has 0 aromatic heterocycles. The van der Waals surface area contributed by atoms with Gasteiger partial charge in [0.1, 0.15) is 0 Å². The second-order valence-electron chi connectivity index (χ2n) is 10.9. The van der Waals surface area contributed by atoms with E-state index in [0.717, 1.165) is 48.1 Å².